The lowest BCUT2D eigenvalue weighted by Gasteiger charge is -2.39. The fraction of sp³-hybridized carbons (Fsp3) is 0.636. The third kappa shape index (κ3) is 4.54. The largest absolute Gasteiger partial charge is 0.454 e. The van der Waals surface area contributed by atoms with Crippen molar-refractivity contribution >= 4 is 11.8 Å². The topological polar surface area (TPSA) is 80.3 Å². The van der Waals surface area contributed by atoms with E-state index in [1.807, 2.05) is 18.2 Å². The molecule has 8 heteroatoms. The van der Waals surface area contributed by atoms with Crippen LogP contribution in [0.3, 0.4) is 0 Å². The van der Waals surface area contributed by atoms with Gasteiger partial charge >= 0.3 is 0 Å². The van der Waals surface area contributed by atoms with Crippen molar-refractivity contribution < 1.29 is 23.8 Å². The van der Waals surface area contributed by atoms with E-state index in [1.54, 1.807) is 4.90 Å². The smallest absolute Gasteiger partial charge is 0.242 e. The molecule has 1 aromatic rings. The zero-order valence-corrected chi connectivity index (χ0v) is 17.8. The number of carbonyl (C=O) groups excluding carboxylic acids is 2. The van der Waals surface area contributed by atoms with Gasteiger partial charge in [-0.05, 0) is 51.1 Å². The van der Waals surface area contributed by atoms with Gasteiger partial charge in [-0.2, -0.15) is 0 Å². The van der Waals surface area contributed by atoms with Gasteiger partial charge in [0.2, 0.25) is 18.6 Å². The van der Waals surface area contributed by atoms with E-state index in [0.717, 1.165) is 38.2 Å². The molecule has 30 heavy (non-hydrogen) atoms. The second kappa shape index (κ2) is 8.81. The van der Waals surface area contributed by atoms with Crippen LogP contribution < -0.4 is 14.8 Å². The monoisotopic (exact) mass is 417 g/mol. The number of carbonyl (C=O) groups is 2. The van der Waals surface area contributed by atoms with Gasteiger partial charge in [-0.1, -0.05) is 6.07 Å². The molecule has 164 valence electrons. The summed E-state index contributed by atoms with van der Waals surface area (Å²) in [6.07, 6.45) is 2.81. The van der Waals surface area contributed by atoms with Crippen LogP contribution in [-0.4, -0.2) is 74.8 Å². The van der Waals surface area contributed by atoms with Crippen LogP contribution in [0.4, 0.5) is 0 Å². The number of fused-ring (bicyclic) bond motifs is 1. The fourth-order valence-corrected chi connectivity index (χ4v) is 4.70. The molecule has 3 aliphatic rings. The Balaban J connectivity index is 1.40. The second-order valence-electron chi connectivity index (χ2n) is 8.83. The lowest BCUT2D eigenvalue weighted by Crippen LogP contribution is -2.51. The quantitative estimate of drug-likeness (QED) is 0.722. The molecular weight excluding hydrogens is 386 g/mol. The van der Waals surface area contributed by atoms with Gasteiger partial charge in [-0.25, -0.2) is 0 Å². The molecule has 2 saturated heterocycles. The van der Waals surface area contributed by atoms with Crippen LogP contribution in [0.5, 0.6) is 11.5 Å². The first kappa shape index (κ1) is 20.9. The van der Waals surface area contributed by atoms with Crippen LogP contribution in [0.25, 0.3) is 0 Å². The Morgan fingerprint density at radius 1 is 1.23 bits per heavy atom. The van der Waals surface area contributed by atoms with Crippen molar-refractivity contribution in [3.05, 3.63) is 23.8 Å². The molecular formula is C22H31N3O5. The Morgan fingerprint density at radius 3 is 2.77 bits per heavy atom. The Morgan fingerprint density at radius 2 is 2.00 bits per heavy atom. The standard InChI is InChI=1S/C22H31N3O5/c1-24(2)14-22(7-9-28-10-8-22)13-23-21(27)17-4-6-20(26)25(17)12-16-3-5-18-19(11-16)30-15-29-18/h3,5,11,17H,4,6-10,12-15H2,1-2H3,(H,23,27). The van der Waals surface area contributed by atoms with Crippen molar-refractivity contribution in [1.82, 2.24) is 15.1 Å². The number of amides is 2. The van der Waals surface area contributed by atoms with Crippen molar-refractivity contribution in [3.63, 3.8) is 0 Å². The summed E-state index contributed by atoms with van der Waals surface area (Å²) < 4.78 is 16.3. The van der Waals surface area contributed by atoms with E-state index in [-0.39, 0.29) is 24.0 Å². The summed E-state index contributed by atoms with van der Waals surface area (Å²) in [6, 6.07) is 5.22. The van der Waals surface area contributed by atoms with E-state index in [1.165, 1.54) is 0 Å². The van der Waals surface area contributed by atoms with Gasteiger partial charge in [-0.15, -0.1) is 0 Å². The molecule has 1 N–H and O–H groups in total. The molecule has 0 aliphatic carbocycles. The first-order chi connectivity index (χ1) is 14.5. The average Bonchev–Trinajstić information content (AvgIpc) is 3.33. The van der Waals surface area contributed by atoms with Gasteiger partial charge in [0.25, 0.3) is 0 Å². The maximum Gasteiger partial charge on any atom is 0.242 e. The number of hydrogen-bond acceptors (Lipinski definition) is 6. The number of ether oxygens (including phenoxy) is 3. The predicted molar refractivity (Wildman–Crippen MR) is 110 cm³/mol. The lowest BCUT2D eigenvalue weighted by atomic mass is 9.79. The van der Waals surface area contributed by atoms with Crippen molar-refractivity contribution in [2.75, 3.05) is 47.2 Å². The summed E-state index contributed by atoms with van der Waals surface area (Å²) in [4.78, 5) is 29.4. The second-order valence-corrected chi connectivity index (χ2v) is 8.83. The van der Waals surface area contributed by atoms with Crippen LogP contribution in [0.15, 0.2) is 18.2 Å². The predicted octanol–water partition coefficient (Wildman–Crippen LogP) is 1.38. The van der Waals surface area contributed by atoms with Gasteiger partial charge in [0.1, 0.15) is 6.04 Å². The SMILES string of the molecule is CN(C)CC1(CNC(=O)C2CCC(=O)N2Cc2ccc3c(c2)OCO3)CCOCC1. The van der Waals surface area contributed by atoms with Crippen LogP contribution in [0.1, 0.15) is 31.2 Å². The molecule has 1 unspecified atom stereocenters. The minimum atomic E-state index is -0.431. The minimum absolute atomic E-state index is 0.0156. The summed E-state index contributed by atoms with van der Waals surface area (Å²) in [6.45, 7) is 3.57. The third-order valence-electron chi connectivity index (χ3n) is 6.26. The van der Waals surface area contributed by atoms with E-state index in [0.29, 0.717) is 37.4 Å². The van der Waals surface area contributed by atoms with E-state index in [2.05, 4.69) is 24.3 Å². The molecule has 0 saturated carbocycles. The zero-order valence-electron chi connectivity index (χ0n) is 17.8. The summed E-state index contributed by atoms with van der Waals surface area (Å²) in [5.41, 5.74) is 0.947. The lowest BCUT2D eigenvalue weighted by molar-refractivity contribution is -0.136. The summed E-state index contributed by atoms with van der Waals surface area (Å²) >= 11 is 0. The third-order valence-corrected chi connectivity index (χ3v) is 6.26. The van der Waals surface area contributed by atoms with Gasteiger partial charge in [0.05, 0.1) is 0 Å². The van der Waals surface area contributed by atoms with Gasteiger partial charge in [-0.3, -0.25) is 9.59 Å². The van der Waals surface area contributed by atoms with E-state index in [9.17, 15) is 9.59 Å². The molecule has 0 radical (unpaired) electrons. The molecule has 2 fully saturated rings. The normalized spacial score (nSPS) is 22.6. The van der Waals surface area contributed by atoms with E-state index in [4.69, 9.17) is 14.2 Å². The highest BCUT2D eigenvalue weighted by Gasteiger charge is 2.38. The van der Waals surface area contributed by atoms with Crippen LogP contribution in [-0.2, 0) is 20.9 Å². The molecule has 4 rings (SSSR count). The van der Waals surface area contributed by atoms with Gasteiger partial charge in [0.15, 0.2) is 11.5 Å². The number of hydrogen-bond donors (Lipinski definition) is 1. The maximum absolute atomic E-state index is 13.1. The van der Waals surface area contributed by atoms with Crippen LogP contribution in [0, 0.1) is 5.41 Å². The summed E-state index contributed by atoms with van der Waals surface area (Å²) in [5, 5.41) is 3.16. The number of rotatable bonds is 7. The van der Waals surface area contributed by atoms with Gasteiger partial charge < -0.3 is 29.3 Å². The van der Waals surface area contributed by atoms with Crippen molar-refractivity contribution in [1.29, 1.82) is 0 Å². The summed E-state index contributed by atoms with van der Waals surface area (Å²) in [5.74, 6) is 1.35. The van der Waals surface area contributed by atoms with E-state index < -0.39 is 6.04 Å². The van der Waals surface area contributed by atoms with Crippen molar-refractivity contribution in [3.8, 4) is 11.5 Å². The molecule has 3 aliphatic heterocycles. The highest BCUT2D eigenvalue weighted by Crippen LogP contribution is 2.34. The maximum atomic E-state index is 13.1. The molecule has 0 bridgehead atoms. The van der Waals surface area contributed by atoms with Gasteiger partial charge in [0, 0.05) is 44.7 Å². The average molecular weight is 418 g/mol. The molecule has 0 aromatic heterocycles. The Kier molecular flexibility index (Phi) is 6.15. The van der Waals surface area contributed by atoms with Crippen molar-refractivity contribution in [2.45, 2.75) is 38.3 Å². The highest BCUT2D eigenvalue weighted by molar-refractivity contribution is 5.90. The first-order valence-electron chi connectivity index (χ1n) is 10.6. The van der Waals surface area contributed by atoms with Crippen molar-refractivity contribution in [2.24, 2.45) is 5.41 Å². The molecule has 1 atom stereocenters. The molecule has 2 amide bonds. The minimum Gasteiger partial charge on any atom is -0.454 e. The first-order valence-corrected chi connectivity index (χ1v) is 10.6. The molecule has 3 heterocycles. The number of nitrogens with zero attached hydrogens (tertiary/aromatic N) is 2. The number of nitrogens with one attached hydrogen (secondary N) is 1. The Labute approximate surface area is 177 Å². The number of benzene rings is 1. The van der Waals surface area contributed by atoms with Crippen LogP contribution >= 0.6 is 0 Å². The highest BCUT2D eigenvalue weighted by atomic mass is 16.7. The molecule has 0 spiro atoms. The summed E-state index contributed by atoms with van der Waals surface area (Å²) in [7, 11) is 4.11. The molecule has 8 nitrogen and oxygen atoms in total. The zero-order chi connectivity index (χ0) is 21.1. The number of likely N-dealkylation sites (tertiary alicyclic amines) is 1. The Hall–Kier alpha value is -2.32. The van der Waals surface area contributed by atoms with Crippen LogP contribution in [0.2, 0.25) is 0 Å². The fourth-order valence-electron chi connectivity index (χ4n) is 4.70. The Bertz CT molecular complexity index is 791. The molecule has 1 aromatic carbocycles. The van der Waals surface area contributed by atoms with E-state index >= 15 is 0 Å².